The average molecular weight is 350 g/mol. The lowest BCUT2D eigenvalue weighted by atomic mass is 9.45. The molecule has 0 aromatic heterocycles. The van der Waals surface area contributed by atoms with Gasteiger partial charge in [0.25, 0.3) is 0 Å². The summed E-state index contributed by atoms with van der Waals surface area (Å²) >= 11 is 0. The van der Waals surface area contributed by atoms with E-state index in [-0.39, 0.29) is 17.8 Å². The van der Waals surface area contributed by atoms with Crippen LogP contribution in [0.3, 0.4) is 0 Å². The molecule has 0 N–H and O–H groups in total. The predicted octanol–water partition coefficient (Wildman–Crippen LogP) is 3.46. The first kappa shape index (κ1) is 17.5. The first-order valence-corrected chi connectivity index (χ1v) is 10.6. The summed E-state index contributed by atoms with van der Waals surface area (Å²) in [6.45, 7) is 6.83. The van der Waals surface area contributed by atoms with Crippen molar-refractivity contribution in [2.45, 2.75) is 45.5 Å². The predicted molar refractivity (Wildman–Crippen MR) is 93.4 cm³/mol. The summed E-state index contributed by atoms with van der Waals surface area (Å²) in [6, 6.07) is 6.67. The van der Waals surface area contributed by atoms with Crippen LogP contribution >= 0.6 is 0 Å². The van der Waals surface area contributed by atoms with Crippen LogP contribution in [0.5, 0.6) is 0 Å². The van der Waals surface area contributed by atoms with Gasteiger partial charge in [-0.2, -0.15) is 0 Å². The number of sulfone groups is 1. The molecule has 4 nitrogen and oxygen atoms in total. The minimum absolute atomic E-state index is 0.00929. The molecule has 0 unspecified atom stereocenters. The molecular formula is C19H26O4S. The number of esters is 1. The highest BCUT2D eigenvalue weighted by Gasteiger charge is 2.57. The molecule has 132 valence electrons. The summed E-state index contributed by atoms with van der Waals surface area (Å²) in [5.74, 6) is 1.34. The number of benzene rings is 1. The zero-order valence-corrected chi connectivity index (χ0v) is 15.6. The third-order valence-corrected chi connectivity index (χ3v) is 7.02. The van der Waals surface area contributed by atoms with Crippen molar-refractivity contribution in [2.75, 3.05) is 6.26 Å². The van der Waals surface area contributed by atoms with Crippen molar-refractivity contribution in [1.29, 1.82) is 0 Å². The number of carbonyl (C=O) groups excluding carboxylic acids is 1. The molecule has 0 amide bonds. The zero-order chi connectivity index (χ0) is 17.7. The molecule has 3 saturated carbocycles. The third-order valence-electron chi connectivity index (χ3n) is 6.16. The molecule has 0 spiro atoms. The van der Waals surface area contributed by atoms with E-state index in [0.29, 0.717) is 34.3 Å². The fourth-order valence-corrected chi connectivity index (χ4v) is 5.30. The fourth-order valence-electron chi connectivity index (χ4n) is 4.50. The largest absolute Gasteiger partial charge is 0.458 e. The van der Waals surface area contributed by atoms with E-state index in [9.17, 15) is 13.2 Å². The maximum absolute atomic E-state index is 12.4. The van der Waals surface area contributed by atoms with Gasteiger partial charge in [-0.3, -0.25) is 0 Å². The minimum atomic E-state index is -3.07. The summed E-state index contributed by atoms with van der Waals surface area (Å²) < 4.78 is 28.4. The van der Waals surface area contributed by atoms with Gasteiger partial charge in [0.05, 0.1) is 11.3 Å². The van der Waals surface area contributed by atoms with Crippen LogP contribution in [0, 0.1) is 23.2 Å². The number of hydrogen-bond donors (Lipinski definition) is 0. The molecule has 3 aliphatic rings. The van der Waals surface area contributed by atoms with Crippen LogP contribution in [0.15, 0.2) is 24.3 Å². The van der Waals surface area contributed by atoms with Crippen LogP contribution in [0.1, 0.15) is 49.5 Å². The van der Waals surface area contributed by atoms with Gasteiger partial charge in [-0.1, -0.05) is 32.9 Å². The SMILES string of the molecule is C[C@@H]1[C@H]2C[C@H](C[C@H]1OC(=O)c1ccc(CS(C)(=O)=O)cc1)C2(C)C. The Labute approximate surface area is 144 Å². The van der Waals surface area contributed by atoms with E-state index in [1.165, 1.54) is 12.7 Å². The van der Waals surface area contributed by atoms with Crippen LogP contribution in [-0.2, 0) is 20.3 Å². The van der Waals surface area contributed by atoms with Gasteiger partial charge in [-0.15, -0.1) is 0 Å². The number of ether oxygens (including phenoxy) is 1. The van der Waals surface area contributed by atoms with Crippen molar-refractivity contribution in [3.63, 3.8) is 0 Å². The molecular weight excluding hydrogens is 324 g/mol. The molecule has 1 aromatic carbocycles. The molecule has 3 aliphatic carbocycles. The van der Waals surface area contributed by atoms with Gasteiger partial charge in [0.1, 0.15) is 6.10 Å². The molecule has 24 heavy (non-hydrogen) atoms. The maximum Gasteiger partial charge on any atom is 0.338 e. The molecule has 4 atom stereocenters. The van der Waals surface area contributed by atoms with Crippen molar-refractivity contribution in [1.82, 2.24) is 0 Å². The molecule has 1 aromatic rings. The van der Waals surface area contributed by atoms with Crippen molar-refractivity contribution in [2.24, 2.45) is 23.2 Å². The van der Waals surface area contributed by atoms with Crippen LogP contribution in [-0.4, -0.2) is 26.7 Å². The van der Waals surface area contributed by atoms with Crippen LogP contribution in [0.4, 0.5) is 0 Å². The van der Waals surface area contributed by atoms with E-state index in [1.807, 2.05) is 0 Å². The average Bonchev–Trinajstić information content (AvgIpc) is 2.47. The summed E-state index contributed by atoms with van der Waals surface area (Å²) in [5.41, 5.74) is 1.54. The number of fused-ring (bicyclic) bond motifs is 2. The number of carbonyl (C=O) groups is 1. The lowest BCUT2D eigenvalue weighted by Crippen LogP contribution is -2.57. The van der Waals surface area contributed by atoms with E-state index < -0.39 is 9.84 Å². The standard InChI is InChI=1S/C19H26O4S/c1-12-16-9-15(19(16,2)3)10-17(12)23-18(20)14-7-5-13(6-8-14)11-24(4,21)22/h5-8,12,15-17H,9-11H2,1-4H3/t12-,15-,16-,17-/m1/s1. The Kier molecular flexibility index (Phi) is 4.27. The second kappa shape index (κ2) is 5.87. The molecule has 0 radical (unpaired) electrons. The van der Waals surface area contributed by atoms with Crippen molar-refractivity contribution < 1.29 is 17.9 Å². The Hall–Kier alpha value is -1.36. The van der Waals surface area contributed by atoms with Crippen LogP contribution < -0.4 is 0 Å². The zero-order valence-electron chi connectivity index (χ0n) is 14.8. The van der Waals surface area contributed by atoms with Crippen LogP contribution in [0.25, 0.3) is 0 Å². The molecule has 2 bridgehead atoms. The van der Waals surface area contributed by atoms with Crippen molar-refractivity contribution >= 4 is 15.8 Å². The first-order valence-electron chi connectivity index (χ1n) is 8.55. The summed E-state index contributed by atoms with van der Waals surface area (Å²) in [7, 11) is -3.07. The highest BCUT2D eigenvalue weighted by Crippen LogP contribution is 2.61. The molecule has 5 heteroatoms. The maximum atomic E-state index is 12.4. The molecule has 4 rings (SSSR count). The van der Waals surface area contributed by atoms with E-state index >= 15 is 0 Å². The number of hydrogen-bond acceptors (Lipinski definition) is 4. The Bertz CT molecular complexity index is 733. The summed E-state index contributed by atoms with van der Waals surface area (Å²) in [5, 5.41) is 0. The van der Waals surface area contributed by atoms with Gasteiger partial charge in [0.15, 0.2) is 9.84 Å². The Balaban J connectivity index is 1.64. The fraction of sp³-hybridized carbons (Fsp3) is 0.632. The van der Waals surface area contributed by atoms with E-state index in [2.05, 4.69) is 20.8 Å². The second-order valence-electron chi connectivity index (χ2n) is 8.17. The quantitative estimate of drug-likeness (QED) is 0.780. The second-order valence-corrected chi connectivity index (χ2v) is 10.3. The highest BCUT2D eigenvalue weighted by molar-refractivity contribution is 7.89. The normalized spacial score (nSPS) is 31.2. The van der Waals surface area contributed by atoms with Gasteiger partial charge in [0.2, 0.25) is 0 Å². The van der Waals surface area contributed by atoms with Gasteiger partial charge in [0, 0.05) is 6.26 Å². The Morgan fingerprint density at radius 2 is 1.83 bits per heavy atom. The third kappa shape index (κ3) is 3.23. The molecule has 0 aliphatic heterocycles. The topological polar surface area (TPSA) is 60.4 Å². The molecule has 0 heterocycles. The lowest BCUT2D eigenvalue weighted by Gasteiger charge is -2.61. The van der Waals surface area contributed by atoms with Gasteiger partial charge in [-0.05, 0) is 53.7 Å². The van der Waals surface area contributed by atoms with E-state index in [1.54, 1.807) is 24.3 Å². The summed E-state index contributed by atoms with van der Waals surface area (Å²) in [6.07, 6.45) is 3.39. The number of rotatable bonds is 4. The van der Waals surface area contributed by atoms with Crippen molar-refractivity contribution in [3.05, 3.63) is 35.4 Å². The minimum Gasteiger partial charge on any atom is -0.458 e. The highest BCUT2D eigenvalue weighted by atomic mass is 32.2. The smallest absolute Gasteiger partial charge is 0.338 e. The van der Waals surface area contributed by atoms with E-state index in [0.717, 1.165) is 6.42 Å². The lowest BCUT2D eigenvalue weighted by molar-refractivity contribution is -0.156. The van der Waals surface area contributed by atoms with E-state index in [4.69, 9.17) is 4.74 Å². The van der Waals surface area contributed by atoms with Crippen LogP contribution in [0.2, 0.25) is 0 Å². The molecule has 0 saturated heterocycles. The monoisotopic (exact) mass is 350 g/mol. The van der Waals surface area contributed by atoms with Gasteiger partial charge in [-0.25, -0.2) is 13.2 Å². The first-order chi connectivity index (χ1) is 11.1. The summed E-state index contributed by atoms with van der Waals surface area (Å²) in [4.78, 5) is 12.4. The van der Waals surface area contributed by atoms with Gasteiger partial charge >= 0.3 is 5.97 Å². The Morgan fingerprint density at radius 3 is 2.33 bits per heavy atom. The van der Waals surface area contributed by atoms with Crippen molar-refractivity contribution in [3.8, 4) is 0 Å². The Morgan fingerprint density at radius 1 is 1.21 bits per heavy atom. The van der Waals surface area contributed by atoms with Gasteiger partial charge < -0.3 is 4.74 Å². The molecule has 3 fully saturated rings.